The minimum Gasteiger partial charge on any atom is -0.298 e. The van der Waals surface area contributed by atoms with E-state index >= 15 is 0 Å². The number of thiazole rings is 1. The summed E-state index contributed by atoms with van der Waals surface area (Å²) in [6.07, 6.45) is 0. The van der Waals surface area contributed by atoms with Gasteiger partial charge >= 0.3 is 5.76 Å². The summed E-state index contributed by atoms with van der Waals surface area (Å²) >= 11 is 1.03. The van der Waals surface area contributed by atoms with E-state index in [9.17, 15) is 30.8 Å². The number of aromatic nitrogens is 1. The third-order valence-electron chi connectivity index (χ3n) is 3.62. The molecule has 3 rings (SSSR count). The SMILES string of the molecule is O=C(Nc1nc(-c2ccc(F)c(F)c2)cs1)c1ccc(S(=O)(=O)C(F)F)cc1. The van der Waals surface area contributed by atoms with Gasteiger partial charge in [-0.25, -0.2) is 22.2 Å². The van der Waals surface area contributed by atoms with Gasteiger partial charge in [0.15, 0.2) is 16.8 Å². The summed E-state index contributed by atoms with van der Waals surface area (Å²) in [4.78, 5) is 15.7. The minimum atomic E-state index is -4.74. The predicted molar refractivity (Wildman–Crippen MR) is 95.1 cm³/mol. The van der Waals surface area contributed by atoms with E-state index in [1.807, 2.05) is 0 Å². The average Bonchev–Trinajstić information content (AvgIpc) is 3.12. The fraction of sp³-hybridized carbons (Fsp3) is 0.0588. The molecule has 11 heteroatoms. The van der Waals surface area contributed by atoms with Crippen molar-refractivity contribution in [1.82, 2.24) is 4.98 Å². The first-order valence-corrected chi connectivity index (χ1v) is 9.95. The minimum absolute atomic E-state index is 0.0257. The van der Waals surface area contributed by atoms with Crippen molar-refractivity contribution in [2.24, 2.45) is 0 Å². The van der Waals surface area contributed by atoms with Crippen LogP contribution in [0.4, 0.5) is 22.7 Å². The number of nitrogens with one attached hydrogen (secondary N) is 1. The molecule has 5 nitrogen and oxygen atoms in total. The van der Waals surface area contributed by atoms with Crippen molar-refractivity contribution in [3.05, 3.63) is 65.0 Å². The number of amides is 1. The first-order valence-electron chi connectivity index (χ1n) is 7.53. The van der Waals surface area contributed by atoms with Crippen molar-refractivity contribution in [2.45, 2.75) is 10.7 Å². The number of benzene rings is 2. The summed E-state index contributed by atoms with van der Waals surface area (Å²) in [5.41, 5.74) is 0.660. The first-order chi connectivity index (χ1) is 13.2. The fourth-order valence-corrected chi connectivity index (χ4v) is 3.62. The molecule has 2 aromatic carbocycles. The number of sulfone groups is 1. The molecule has 1 aromatic heterocycles. The molecular formula is C17H10F4N2O3S2. The zero-order chi connectivity index (χ0) is 20.5. The lowest BCUT2D eigenvalue weighted by Crippen LogP contribution is -2.14. The van der Waals surface area contributed by atoms with Crippen LogP contribution in [0, 0.1) is 11.6 Å². The second kappa shape index (κ2) is 7.68. The van der Waals surface area contributed by atoms with Gasteiger partial charge in [0.1, 0.15) is 0 Å². The summed E-state index contributed by atoms with van der Waals surface area (Å²) in [5, 5.41) is 4.15. The van der Waals surface area contributed by atoms with Crippen LogP contribution in [0.1, 0.15) is 10.4 Å². The number of rotatable bonds is 5. The number of anilines is 1. The summed E-state index contributed by atoms with van der Waals surface area (Å²) in [6, 6.07) is 7.26. The van der Waals surface area contributed by atoms with Crippen LogP contribution >= 0.6 is 11.3 Å². The van der Waals surface area contributed by atoms with Gasteiger partial charge in [0, 0.05) is 16.5 Å². The van der Waals surface area contributed by atoms with Crippen LogP contribution in [0.3, 0.4) is 0 Å². The van der Waals surface area contributed by atoms with Gasteiger partial charge in [-0.15, -0.1) is 11.3 Å². The van der Waals surface area contributed by atoms with Crippen LogP contribution in [0.15, 0.2) is 52.7 Å². The summed E-state index contributed by atoms with van der Waals surface area (Å²) in [5.74, 6) is -6.23. The van der Waals surface area contributed by atoms with Crippen molar-refractivity contribution >= 4 is 32.2 Å². The third-order valence-corrected chi connectivity index (χ3v) is 5.78. The highest BCUT2D eigenvalue weighted by atomic mass is 32.2. The Morgan fingerprint density at radius 3 is 2.32 bits per heavy atom. The van der Waals surface area contributed by atoms with E-state index in [0.29, 0.717) is 11.3 Å². The maximum absolute atomic E-state index is 13.3. The highest BCUT2D eigenvalue weighted by Gasteiger charge is 2.26. The Hall–Kier alpha value is -2.79. The highest BCUT2D eigenvalue weighted by molar-refractivity contribution is 7.91. The lowest BCUT2D eigenvalue weighted by atomic mass is 10.2. The molecule has 0 bridgehead atoms. The van der Waals surface area contributed by atoms with Crippen molar-refractivity contribution in [3.8, 4) is 11.3 Å². The molecule has 0 saturated heterocycles. The molecule has 0 atom stereocenters. The lowest BCUT2D eigenvalue weighted by molar-refractivity contribution is 0.102. The molecule has 1 N–H and O–H groups in total. The molecule has 0 aliphatic carbocycles. The molecule has 0 aliphatic heterocycles. The van der Waals surface area contributed by atoms with E-state index in [2.05, 4.69) is 10.3 Å². The number of carbonyl (C=O) groups is 1. The summed E-state index contributed by atoms with van der Waals surface area (Å²) in [6.45, 7) is 0. The van der Waals surface area contributed by atoms with Gasteiger partial charge in [-0.05, 0) is 42.5 Å². The van der Waals surface area contributed by atoms with E-state index in [1.54, 1.807) is 0 Å². The molecule has 0 spiro atoms. The second-order valence-corrected chi connectivity index (χ2v) is 8.23. The molecular weight excluding hydrogens is 420 g/mol. The van der Waals surface area contributed by atoms with Crippen LogP contribution in [-0.4, -0.2) is 25.1 Å². The largest absolute Gasteiger partial charge is 0.341 e. The van der Waals surface area contributed by atoms with Gasteiger partial charge in [0.05, 0.1) is 10.6 Å². The molecule has 0 saturated carbocycles. The molecule has 0 fully saturated rings. The van der Waals surface area contributed by atoms with Crippen LogP contribution in [0.5, 0.6) is 0 Å². The van der Waals surface area contributed by atoms with Gasteiger partial charge in [-0.1, -0.05) is 0 Å². The maximum atomic E-state index is 13.3. The van der Waals surface area contributed by atoms with Gasteiger partial charge in [0.2, 0.25) is 9.84 Å². The fourth-order valence-electron chi connectivity index (χ4n) is 2.19. The van der Waals surface area contributed by atoms with E-state index in [0.717, 1.165) is 47.7 Å². The molecule has 146 valence electrons. The van der Waals surface area contributed by atoms with Crippen LogP contribution in [-0.2, 0) is 9.84 Å². The Morgan fingerprint density at radius 1 is 1.04 bits per heavy atom. The van der Waals surface area contributed by atoms with E-state index in [1.165, 1.54) is 11.4 Å². The Kier molecular flexibility index (Phi) is 5.47. The highest BCUT2D eigenvalue weighted by Crippen LogP contribution is 2.26. The Labute approximate surface area is 160 Å². The second-order valence-electron chi connectivity index (χ2n) is 5.45. The van der Waals surface area contributed by atoms with E-state index < -0.39 is 38.0 Å². The Morgan fingerprint density at radius 2 is 1.71 bits per heavy atom. The smallest absolute Gasteiger partial charge is 0.298 e. The summed E-state index contributed by atoms with van der Waals surface area (Å²) in [7, 11) is -4.74. The number of carbonyl (C=O) groups excluding carboxylic acids is 1. The summed E-state index contributed by atoms with van der Waals surface area (Å²) < 4.78 is 74.1. The normalized spacial score (nSPS) is 11.6. The molecule has 3 aromatic rings. The first kappa shape index (κ1) is 20.0. The standard InChI is InChI=1S/C17H10F4N2O3S2/c18-12-6-3-10(7-13(12)19)14-8-27-17(22-14)23-15(24)9-1-4-11(5-2-9)28(25,26)16(20)21/h1-8,16H,(H,22,23,24). The van der Waals surface area contributed by atoms with Crippen LogP contribution in [0.25, 0.3) is 11.3 Å². The van der Waals surface area contributed by atoms with E-state index in [-0.39, 0.29) is 10.7 Å². The molecule has 1 amide bonds. The topological polar surface area (TPSA) is 76.1 Å². The number of halogens is 4. The van der Waals surface area contributed by atoms with Crippen LogP contribution in [0.2, 0.25) is 0 Å². The number of nitrogens with zero attached hydrogens (tertiary/aromatic N) is 1. The number of hydrogen-bond donors (Lipinski definition) is 1. The number of alkyl halides is 2. The Bertz CT molecular complexity index is 1130. The van der Waals surface area contributed by atoms with Crippen molar-refractivity contribution in [2.75, 3.05) is 5.32 Å². The molecule has 0 unspecified atom stereocenters. The lowest BCUT2D eigenvalue weighted by Gasteiger charge is -2.05. The monoisotopic (exact) mass is 430 g/mol. The van der Waals surface area contributed by atoms with Crippen molar-refractivity contribution < 1.29 is 30.8 Å². The maximum Gasteiger partial charge on any atom is 0.341 e. The number of hydrogen-bond acceptors (Lipinski definition) is 5. The molecule has 0 aliphatic rings. The van der Waals surface area contributed by atoms with Crippen molar-refractivity contribution in [3.63, 3.8) is 0 Å². The quantitative estimate of drug-likeness (QED) is 0.611. The van der Waals surface area contributed by atoms with E-state index in [4.69, 9.17) is 0 Å². The molecule has 28 heavy (non-hydrogen) atoms. The third kappa shape index (κ3) is 4.04. The zero-order valence-electron chi connectivity index (χ0n) is 13.7. The van der Waals surface area contributed by atoms with Gasteiger partial charge < -0.3 is 0 Å². The van der Waals surface area contributed by atoms with Gasteiger partial charge in [-0.2, -0.15) is 8.78 Å². The van der Waals surface area contributed by atoms with Crippen LogP contribution < -0.4 is 5.32 Å². The van der Waals surface area contributed by atoms with Gasteiger partial charge in [-0.3, -0.25) is 10.1 Å². The molecule has 0 radical (unpaired) electrons. The Balaban J connectivity index is 1.75. The van der Waals surface area contributed by atoms with Gasteiger partial charge in [0.25, 0.3) is 5.91 Å². The van der Waals surface area contributed by atoms with Crippen molar-refractivity contribution in [1.29, 1.82) is 0 Å². The zero-order valence-corrected chi connectivity index (χ0v) is 15.3. The average molecular weight is 430 g/mol. The molecule has 1 heterocycles. The predicted octanol–water partition coefficient (Wildman–Crippen LogP) is 4.34.